The van der Waals surface area contributed by atoms with E-state index in [1.54, 1.807) is 17.5 Å². The third kappa shape index (κ3) is 3.92. The second-order valence-electron chi connectivity index (χ2n) is 5.37. The first-order chi connectivity index (χ1) is 10.5. The molecule has 0 radical (unpaired) electrons. The van der Waals surface area contributed by atoms with Crippen LogP contribution in [-0.2, 0) is 36.0 Å². The van der Waals surface area contributed by atoms with Gasteiger partial charge in [-0.3, -0.25) is 0 Å². The quantitative estimate of drug-likeness (QED) is 0.807. The molecule has 1 unspecified atom stereocenters. The summed E-state index contributed by atoms with van der Waals surface area (Å²) in [7, 11) is -3.23. The predicted molar refractivity (Wildman–Crippen MR) is 83.0 cm³/mol. The van der Waals surface area contributed by atoms with E-state index in [4.69, 9.17) is 4.52 Å². The van der Waals surface area contributed by atoms with Gasteiger partial charge in [-0.2, -0.15) is 0 Å². The number of sulfonamides is 1. The number of hydrogen-bond acceptors (Lipinski definition) is 7. The molecule has 0 fully saturated rings. The maximum atomic E-state index is 11.2. The molecule has 7 nitrogen and oxygen atoms in total. The van der Waals surface area contributed by atoms with Crippen molar-refractivity contribution in [3.8, 4) is 0 Å². The summed E-state index contributed by atoms with van der Waals surface area (Å²) in [4.78, 5) is 4.26. The van der Waals surface area contributed by atoms with Gasteiger partial charge in [0, 0.05) is 36.1 Å². The van der Waals surface area contributed by atoms with Gasteiger partial charge in [0.25, 0.3) is 0 Å². The van der Waals surface area contributed by atoms with Gasteiger partial charge < -0.3 is 9.84 Å². The highest BCUT2D eigenvalue weighted by molar-refractivity contribution is 7.88. The molecule has 0 amide bonds. The number of aromatic nitrogens is 2. The van der Waals surface area contributed by atoms with Gasteiger partial charge in [-0.15, -0.1) is 11.3 Å². The van der Waals surface area contributed by atoms with Gasteiger partial charge in [-0.1, -0.05) is 5.16 Å². The molecular formula is C13H18N4O3S2. The van der Waals surface area contributed by atoms with Gasteiger partial charge in [0.15, 0.2) is 0 Å². The van der Waals surface area contributed by atoms with Crippen molar-refractivity contribution in [3.05, 3.63) is 33.6 Å². The normalized spacial score (nSPS) is 18.3. The van der Waals surface area contributed by atoms with Gasteiger partial charge >= 0.3 is 0 Å². The van der Waals surface area contributed by atoms with Gasteiger partial charge in [0.05, 0.1) is 12.8 Å². The molecule has 2 N–H and O–H groups in total. The molecule has 0 aliphatic heterocycles. The maximum absolute atomic E-state index is 11.2. The van der Waals surface area contributed by atoms with E-state index in [1.165, 1.54) is 0 Å². The number of fused-ring (bicyclic) bond motifs is 1. The molecule has 2 aromatic rings. The Labute approximate surface area is 133 Å². The lowest BCUT2D eigenvalue weighted by Crippen LogP contribution is -2.34. The Morgan fingerprint density at radius 2 is 2.32 bits per heavy atom. The molecule has 1 aliphatic carbocycles. The van der Waals surface area contributed by atoms with E-state index >= 15 is 0 Å². The van der Waals surface area contributed by atoms with E-state index in [-0.39, 0.29) is 6.54 Å². The van der Waals surface area contributed by atoms with Crippen LogP contribution in [-0.4, -0.2) is 30.9 Å². The Bertz CT molecular complexity index is 725. The highest BCUT2D eigenvalue weighted by Gasteiger charge is 2.25. The zero-order chi connectivity index (χ0) is 15.6. The number of nitrogens with one attached hydrogen (secondary N) is 2. The lowest BCUT2D eigenvalue weighted by atomic mass is 9.92. The monoisotopic (exact) mass is 342 g/mol. The molecule has 0 saturated carbocycles. The lowest BCUT2D eigenvalue weighted by Gasteiger charge is -2.22. The molecule has 120 valence electrons. The number of nitrogens with zero attached hydrogens (tertiary/aromatic N) is 2. The van der Waals surface area contributed by atoms with Crippen molar-refractivity contribution in [1.29, 1.82) is 0 Å². The number of hydrogen-bond donors (Lipinski definition) is 2. The minimum atomic E-state index is -3.23. The van der Waals surface area contributed by atoms with Crippen LogP contribution in [0.5, 0.6) is 0 Å². The van der Waals surface area contributed by atoms with Crippen molar-refractivity contribution in [2.24, 2.45) is 0 Å². The molecule has 0 spiro atoms. The average Bonchev–Trinajstić information content (AvgIpc) is 3.11. The van der Waals surface area contributed by atoms with Crippen LogP contribution in [0.2, 0.25) is 0 Å². The fourth-order valence-electron chi connectivity index (χ4n) is 2.55. The fraction of sp³-hybridized carbons (Fsp3) is 0.538. The van der Waals surface area contributed by atoms with Crippen LogP contribution >= 0.6 is 11.3 Å². The maximum Gasteiger partial charge on any atom is 0.209 e. The highest BCUT2D eigenvalue weighted by atomic mass is 32.2. The fourth-order valence-corrected chi connectivity index (χ4v) is 3.51. The lowest BCUT2D eigenvalue weighted by molar-refractivity contribution is 0.351. The second-order valence-corrected chi connectivity index (χ2v) is 8.18. The highest BCUT2D eigenvalue weighted by Crippen LogP contribution is 2.25. The summed E-state index contributed by atoms with van der Waals surface area (Å²) in [5.74, 6) is 0.873. The van der Waals surface area contributed by atoms with Crippen molar-refractivity contribution in [1.82, 2.24) is 20.2 Å². The first-order valence-corrected chi connectivity index (χ1v) is 9.81. The Kier molecular flexibility index (Phi) is 4.57. The van der Waals surface area contributed by atoms with Crippen LogP contribution < -0.4 is 10.0 Å². The van der Waals surface area contributed by atoms with Crippen LogP contribution in [0.15, 0.2) is 16.1 Å². The van der Waals surface area contributed by atoms with Gasteiger partial charge in [-0.05, 0) is 12.8 Å². The third-order valence-corrected chi connectivity index (χ3v) is 5.10. The van der Waals surface area contributed by atoms with Crippen molar-refractivity contribution < 1.29 is 12.9 Å². The molecule has 1 atom stereocenters. The number of thiazole rings is 1. The summed E-state index contributed by atoms with van der Waals surface area (Å²) in [5, 5.41) is 10.5. The van der Waals surface area contributed by atoms with Crippen LogP contribution in [0, 0.1) is 0 Å². The third-order valence-electron chi connectivity index (χ3n) is 3.65. The van der Waals surface area contributed by atoms with Crippen LogP contribution in [0.3, 0.4) is 0 Å². The van der Waals surface area contributed by atoms with Crippen LogP contribution in [0.4, 0.5) is 0 Å². The molecular weight excluding hydrogens is 324 g/mol. The van der Waals surface area contributed by atoms with Crippen molar-refractivity contribution in [3.63, 3.8) is 0 Å². The van der Waals surface area contributed by atoms with Crippen molar-refractivity contribution in [2.45, 2.75) is 38.4 Å². The molecule has 0 bridgehead atoms. The summed E-state index contributed by atoms with van der Waals surface area (Å²) in [6.45, 7) is 0.927. The summed E-state index contributed by atoms with van der Waals surface area (Å²) in [6.07, 6.45) is 5.53. The van der Waals surface area contributed by atoms with Crippen LogP contribution in [0.1, 0.15) is 28.4 Å². The second kappa shape index (κ2) is 6.45. The topological polar surface area (TPSA) is 97.1 Å². The Morgan fingerprint density at radius 1 is 1.45 bits per heavy atom. The predicted octanol–water partition coefficient (Wildman–Crippen LogP) is 0.827. The van der Waals surface area contributed by atoms with E-state index in [0.717, 1.165) is 48.4 Å². The van der Waals surface area contributed by atoms with E-state index in [9.17, 15) is 8.42 Å². The molecule has 2 aromatic heterocycles. The van der Waals surface area contributed by atoms with Crippen molar-refractivity contribution >= 4 is 21.4 Å². The Balaban J connectivity index is 1.62. The SMILES string of the molecule is CS(=O)(=O)NCc1noc2c1CC(NCc1nccs1)CC2. The van der Waals surface area contributed by atoms with Crippen LogP contribution in [0.25, 0.3) is 0 Å². The Hall–Kier alpha value is -1.29. The number of rotatable bonds is 6. The molecule has 0 saturated heterocycles. The summed E-state index contributed by atoms with van der Waals surface area (Å²) < 4.78 is 30.2. The largest absolute Gasteiger partial charge is 0.361 e. The van der Waals surface area contributed by atoms with E-state index in [1.807, 2.05) is 5.38 Å². The summed E-state index contributed by atoms with van der Waals surface area (Å²) in [5.41, 5.74) is 1.71. The molecule has 9 heteroatoms. The zero-order valence-electron chi connectivity index (χ0n) is 12.2. The van der Waals surface area contributed by atoms with Crippen molar-refractivity contribution in [2.75, 3.05) is 6.26 Å². The summed E-state index contributed by atoms with van der Waals surface area (Å²) in [6, 6.07) is 0.327. The van der Waals surface area contributed by atoms with E-state index < -0.39 is 10.0 Å². The smallest absolute Gasteiger partial charge is 0.209 e. The number of aryl methyl sites for hydroxylation is 1. The average molecular weight is 342 g/mol. The molecule has 22 heavy (non-hydrogen) atoms. The zero-order valence-corrected chi connectivity index (χ0v) is 13.8. The minimum Gasteiger partial charge on any atom is -0.361 e. The van der Waals surface area contributed by atoms with E-state index in [2.05, 4.69) is 20.2 Å². The molecule has 2 heterocycles. The standard InChI is InChI=1S/C13H18N4O3S2/c1-22(18,19)16-7-11-10-6-9(2-3-12(10)20-17-11)15-8-13-14-4-5-21-13/h4-5,9,15-16H,2-3,6-8H2,1H3. The first kappa shape index (κ1) is 15.6. The molecule has 1 aliphatic rings. The van der Waals surface area contributed by atoms with Gasteiger partial charge in [0.1, 0.15) is 16.5 Å². The molecule has 0 aromatic carbocycles. The van der Waals surface area contributed by atoms with Gasteiger partial charge in [0.2, 0.25) is 10.0 Å². The minimum absolute atomic E-state index is 0.177. The van der Waals surface area contributed by atoms with E-state index in [0.29, 0.717) is 11.7 Å². The molecule has 3 rings (SSSR count). The Morgan fingerprint density at radius 3 is 3.05 bits per heavy atom. The first-order valence-electron chi connectivity index (χ1n) is 7.04. The summed E-state index contributed by atoms with van der Waals surface area (Å²) >= 11 is 1.63. The van der Waals surface area contributed by atoms with Gasteiger partial charge in [-0.25, -0.2) is 18.1 Å².